The molecule has 5 N–H and O–H groups in total. The van der Waals surface area contributed by atoms with Crippen LogP contribution in [-0.2, 0) is 20.9 Å². The molecular formula is C17H29F6N6O4P. The SMILES string of the molecule is C[C@@H](C(=O)NCCCCC(N)=O)n1cc(C[NH+]2CCC(C(=O)O)CC2)nn1.F[P-](F)(F)(F)(F)F. The predicted molar refractivity (Wildman–Crippen MR) is 109 cm³/mol. The van der Waals surface area contributed by atoms with Gasteiger partial charge in [-0.15, -0.1) is 5.10 Å². The van der Waals surface area contributed by atoms with E-state index < -0.39 is 19.8 Å². The number of hydrogen-bond acceptors (Lipinski definition) is 5. The Morgan fingerprint density at radius 3 is 2.26 bits per heavy atom. The average molecular weight is 526 g/mol. The number of aliphatic carboxylic acids is 1. The Labute approximate surface area is 191 Å². The monoisotopic (exact) mass is 526 g/mol. The Bertz CT molecular complexity index is 847. The van der Waals surface area contributed by atoms with Crippen LogP contribution >= 0.6 is 7.81 Å². The summed E-state index contributed by atoms with van der Waals surface area (Å²) in [6.07, 6.45) is 4.79. The van der Waals surface area contributed by atoms with Crippen LogP contribution in [0.25, 0.3) is 0 Å². The maximum atomic E-state index is 12.2. The summed E-state index contributed by atoms with van der Waals surface area (Å²) in [6.45, 7) is 4.51. The molecule has 0 bridgehead atoms. The van der Waals surface area contributed by atoms with E-state index in [1.807, 2.05) is 0 Å². The number of carbonyl (C=O) groups excluding carboxylic acids is 2. The molecule has 2 rings (SSSR count). The molecule has 34 heavy (non-hydrogen) atoms. The number of rotatable bonds is 10. The number of hydrogen-bond donors (Lipinski definition) is 4. The second-order valence-electron chi connectivity index (χ2n) is 8.08. The second-order valence-corrected chi connectivity index (χ2v) is 9.99. The van der Waals surface area contributed by atoms with Crippen LogP contribution in [0.5, 0.6) is 0 Å². The molecule has 1 aliphatic heterocycles. The van der Waals surface area contributed by atoms with Crippen molar-refractivity contribution in [1.29, 1.82) is 0 Å². The molecule has 1 aromatic heterocycles. The number of aromatic nitrogens is 3. The van der Waals surface area contributed by atoms with Crippen LogP contribution in [0, 0.1) is 5.92 Å². The van der Waals surface area contributed by atoms with Crippen LogP contribution in [0.2, 0.25) is 0 Å². The van der Waals surface area contributed by atoms with Gasteiger partial charge >= 0.3 is 39.0 Å². The third kappa shape index (κ3) is 14.6. The number of nitrogens with one attached hydrogen (secondary N) is 2. The van der Waals surface area contributed by atoms with Gasteiger partial charge in [-0.05, 0) is 19.8 Å². The van der Waals surface area contributed by atoms with Crippen LogP contribution in [-0.4, -0.2) is 57.5 Å². The number of nitrogens with zero attached hydrogens (tertiary/aromatic N) is 3. The van der Waals surface area contributed by atoms with Gasteiger partial charge in [0.05, 0.1) is 25.2 Å². The number of primary amides is 1. The summed E-state index contributed by atoms with van der Waals surface area (Å²) in [5.41, 5.74) is 5.87. The molecule has 0 aromatic carbocycles. The molecule has 0 saturated carbocycles. The molecule has 1 aliphatic rings. The Hall–Kier alpha value is -2.48. The van der Waals surface area contributed by atoms with E-state index in [1.165, 1.54) is 9.58 Å². The van der Waals surface area contributed by atoms with E-state index in [4.69, 9.17) is 10.8 Å². The fraction of sp³-hybridized carbons (Fsp3) is 0.706. The van der Waals surface area contributed by atoms with Crippen LogP contribution in [0.15, 0.2) is 6.20 Å². The van der Waals surface area contributed by atoms with Crippen molar-refractivity contribution in [3.8, 4) is 0 Å². The number of nitrogens with two attached hydrogens (primary N) is 1. The summed E-state index contributed by atoms with van der Waals surface area (Å²) in [4.78, 5) is 35.1. The van der Waals surface area contributed by atoms with Crippen molar-refractivity contribution >= 4 is 25.6 Å². The summed E-state index contributed by atoms with van der Waals surface area (Å²) < 4.78 is 60.7. The second kappa shape index (κ2) is 10.8. The number of quaternary nitrogens is 1. The molecule has 1 fully saturated rings. The molecule has 1 aromatic rings. The number of carboxylic acids is 1. The number of unbranched alkanes of at least 4 members (excludes halogenated alkanes) is 1. The van der Waals surface area contributed by atoms with Gasteiger partial charge in [-0.3, -0.25) is 14.4 Å². The molecule has 0 spiro atoms. The topological polar surface area (TPSA) is 145 Å². The van der Waals surface area contributed by atoms with Crippen molar-refractivity contribution in [1.82, 2.24) is 20.3 Å². The van der Waals surface area contributed by atoms with Crippen molar-refractivity contribution in [3.05, 3.63) is 11.9 Å². The number of amides is 2. The van der Waals surface area contributed by atoms with E-state index in [0.717, 1.165) is 18.8 Å². The summed E-state index contributed by atoms with van der Waals surface area (Å²) in [5.74, 6) is -1.44. The standard InChI is InChI=1S/C17H28N6O4.F6P/c1-12(16(25)19-7-3-2-4-15(18)24)23-11-14(20-21-23)10-22-8-5-13(6-9-22)17(26)27;1-7(2,3,4,5)6/h11-13H,2-10H2,1H3,(H2,18,24)(H,19,25)(H,26,27);/q;-1/p+1/t12-;/m0./s1. The van der Waals surface area contributed by atoms with Crippen molar-refractivity contribution in [2.75, 3.05) is 19.6 Å². The number of halogens is 6. The first-order valence-corrected chi connectivity index (χ1v) is 12.4. The van der Waals surface area contributed by atoms with Gasteiger partial charge in [0.1, 0.15) is 18.3 Å². The van der Waals surface area contributed by atoms with Gasteiger partial charge in [0.15, 0.2) is 0 Å². The average Bonchev–Trinajstić information content (AvgIpc) is 3.13. The van der Waals surface area contributed by atoms with Gasteiger partial charge in [-0.1, -0.05) is 5.21 Å². The molecule has 17 heteroatoms. The van der Waals surface area contributed by atoms with E-state index in [-0.39, 0.29) is 17.7 Å². The van der Waals surface area contributed by atoms with Crippen molar-refractivity contribution in [2.45, 2.75) is 51.6 Å². The minimum absolute atomic E-state index is 0.153. The minimum atomic E-state index is -10.7. The third-order valence-electron chi connectivity index (χ3n) is 4.96. The summed E-state index contributed by atoms with van der Waals surface area (Å²) >= 11 is 0. The fourth-order valence-electron chi connectivity index (χ4n) is 3.19. The molecule has 1 saturated heterocycles. The molecule has 2 heterocycles. The molecule has 0 radical (unpaired) electrons. The summed E-state index contributed by atoms with van der Waals surface area (Å²) in [5, 5.41) is 20.1. The predicted octanol–water partition coefficient (Wildman–Crippen LogP) is 1.87. The first-order chi connectivity index (χ1) is 15.3. The first-order valence-electron chi connectivity index (χ1n) is 10.4. The molecule has 0 unspecified atom stereocenters. The summed E-state index contributed by atoms with van der Waals surface area (Å²) in [6, 6.07) is -0.477. The molecule has 0 aliphatic carbocycles. The van der Waals surface area contributed by atoms with Crippen molar-refractivity contribution in [2.24, 2.45) is 11.7 Å². The van der Waals surface area contributed by atoms with Gasteiger partial charge in [0, 0.05) is 25.8 Å². The zero-order valence-corrected chi connectivity index (χ0v) is 19.3. The van der Waals surface area contributed by atoms with Gasteiger partial charge in [-0.25, -0.2) is 4.68 Å². The molecule has 2 amide bonds. The molecular weight excluding hydrogens is 497 g/mol. The number of carboxylic acid groups (broad SMARTS) is 1. The first kappa shape index (κ1) is 29.6. The third-order valence-corrected chi connectivity index (χ3v) is 4.96. The van der Waals surface area contributed by atoms with Gasteiger partial charge in [0.2, 0.25) is 11.8 Å². The van der Waals surface area contributed by atoms with Gasteiger partial charge < -0.3 is 21.1 Å². The molecule has 198 valence electrons. The van der Waals surface area contributed by atoms with Crippen molar-refractivity contribution < 1.29 is 49.6 Å². The number of carbonyl (C=O) groups is 3. The zero-order valence-electron chi connectivity index (χ0n) is 18.4. The van der Waals surface area contributed by atoms with E-state index in [0.29, 0.717) is 45.2 Å². The van der Waals surface area contributed by atoms with E-state index in [2.05, 4.69) is 15.6 Å². The fourth-order valence-corrected chi connectivity index (χ4v) is 3.19. The molecule has 10 nitrogen and oxygen atoms in total. The maximum absolute atomic E-state index is 12.2. The Morgan fingerprint density at radius 2 is 1.76 bits per heavy atom. The Kier molecular flexibility index (Phi) is 9.43. The Morgan fingerprint density at radius 1 is 1.21 bits per heavy atom. The van der Waals surface area contributed by atoms with E-state index >= 15 is 0 Å². The van der Waals surface area contributed by atoms with Crippen LogP contribution in [0.3, 0.4) is 0 Å². The number of piperidine rings is 1. The van der Waals surface area contributed by atoms with E-state index in [9.17, 15) is 39.6 Å². The quantitative estimate of drug-likeness (QED) is 0.208. The normalized spacial score (nSPS) is 21.3. The van der Waals surface area contributed by atoms with Crippen LogP contribution in [0.4, 0.5) is 25.2 Å². The van der Waals surface area contributed by atoms with Gasteiger partial charge in [0.25, 0.3) is 0 Å². The van der Waals surface area contributed by atoms with Crippen LogP contribution < -0.4 is 16.0 Å². The Balaban J connectivity index is 0.000000718. The number of likely N-dealkylation sites (tertiary alicyclic amines) is 1. The van der Waals surface area contributed by atoms with E-state index in [1.54, 1.807) is 13.1 Å². The van der Waals surface area contributed by atoms with Crippen molar-refractivity contribution in [3.63, 3.8) is 0 Å². The molecule has 1 atom stereocenters. The summed E-state index contributed by atoms with van der Waals surface area (Å²) in [7, 11) is -10.7. The zero-order chi connectivity index (χ0) is 26.2. The van der Waals surface area contributed by atoms with Gasteiger partial charge in [-0.2, -0.15) is 0 Å². The van der Waals surface area contributed by atoms with Crippen LogP contribution in [0.1, 0.15) is 50.8 Å².